The standard InChI is InChI=1S/C15H17NO5S/c1-10(17)13-11(2-3-12-14(13)22-15(18)21-12)20-9-6-16-4-7-19-8-5-16/h2-3H,4-9H2,1H3. The molecule has 1 aliphatic rings. The average molecular weight is 323 g/mol. The summed E-state index contributed by atoms with van der Waals surface area (Å²) in [7, 11) is 0. The molecule has 2 heterocycles. The van der Waals surface area contributed by atoms with Crippen molar-refractivity contribution in [3.05, 3.63) is 27.4 Å². The molecule has 3 rings (SSSR count). The molecule has 2 aromatic rings. The van der Waals surface area contributed by atoms with E-state index < -0.39 is 4.94 Å². The van der Waals surface area contributed by atoms with Gasteiger partial charge in [-0.3, -0.25) is 9.69 Å². The summed E-state index contributed by atoms with van der Waals surface area (Å²) in [6, 6.07) is 3.36. The van der Waals surface area contributed by atoms with Gasteiger partial charge >= 0.3 is 4.94 Å². The number of Topliss-reactive ketones (excluding diaryl/α,β-unsaturated/α-hetero) is 1. The number of carbonyl (C=O) groups is 1. The van der Waals surface area contributed by atoms with Gasteiger partial charge in [-0.25, -0.2) is 4.79 Å². The molecule has 0 bridgehead atoms. The third kappa shape index (κ3) is 3.21. The third-order valence-electron chi connectivity index (χ3n) is 3.58. The van der Waals surface area contributed by atoms with Crippen LogP contribution in [0.25, 0.3) is 10.3 Å². The van der Waals surface area contributed by atoms with E-state index in [9.17, 15) is 9.59 Å². The minimum Gasteiger partial charge on any atom is -0.491 e. The van der Waals surface area contributed by atoms with Gasteiger partial charge in [0, 0.05) is 19.6 Å². The van der Waals surface area contributed by atoms with Gasteiger partial charge in [0.05, 0.1) is 23.5 Å². The number of nitrogens with zero attached hydrogens (tertiary/aromatic N) is 1. The molecule has 0 unspecified atom stereocenters. The van der Waals surface area contributed by atoms with E-state index in [4.69, 9.17) is 13.9 Å². The molecule has 6 nitrogen and oxygen atoms in total. The van der Waals surface area contributed by atoms with Crippen molar-refractivity contribution < 1.29 is 18.7 Å². The van der Waals surface area contributed by atoms with Crippen molar-refractivity contribution in [1.29, 1.82) is 0 Å². The number of carbonyl (C=O) groups excluding carboxylic acids is 1. The predicted octanol–water partition coefficient (Wildman–Crippen LogP) is 1.77. The third-order valence-corrected chi connectivity index (χ3v) is 4.44. The second kappa shape index (κ2) is 6.60. The molecule has 0 radical (unpaired) electrons. The quantitative estimate of drug-likeness (QED) is 0.781. The van der Waals surface area contributed by atoms with Crippen LogP contribution in [0, 0.1) is 0 Å². The number of hydrogen-bond donors (Lipinski definition) is 0. The molecule has 22 heavy (non-hydrogen) atoms. The maximum atomic E-state index is 11.9. The summed E-state index contributed by atoms with van der Waals surface area (Å²) in [5.74, 6) is 0.370. The van der Waals surface area contributed by atoms with Gasteiger partial charge < -0.3 is 13.9 Å². The van der Waals surface area contributed by atoms with E-state index >= 15 is 0 Å². The highest BCUT2D eigenvalue weighted by molar-refractivity contribution is 7.16. The van der Waals surface area contributed by atoms with Crippen molar-refractivity contribution >= 4 is 27.4 Å². The normalized spacial score (nSPS) is 16.0. The average Bonchev–Trinajstić information content (AvgIpc) is 2.87. The van der Waals surface area contributed by atoms with Crippen molar-refractivity contribution in [1.82, 2.24) is 4.90 Å². The van der Waals surface area contributed by atoms with E-state index in [2.05, 4.69) is 4.90 Å². The number of fused-ring (bicyclic) bond motifs is 1. The number of benzene rings is 1. The van der Waals surface area contributed by atoms with Crippen LogP contribution >= 0.6 is 11.3 Å². The molecule has 0 saturated carbocycles. The summed E-state index contributed by atoms with van der Waals surface area (Å²) < 4.78 is 16.7. The lowest BCUT2D eigenvalue weighted by atomic mass is 10.1. The van der Waals surface area contributed by atoms with E-state index in [-0.39, 0.29) is 5.78 Å². The first kappa shape index (κ1) is 15.2. The largest absolute Gasteiger partial charge is 0.491 e. The molecule has 1 saturated heterocycles. The van der Waals surface area contributed by atoms with Crippen LogP contribution in [0.2, 0.25) is 0 Å². The van der Waals surface area contributed by atoms with Crippen LogP contribution in [0.15, 0.2) is 21.3 Å². The topological polar surface area (TPSA) is 69.0 Å². The molecule has 118 valence electrons. The van der Waals surface area contributed by atoms with Crippen LogP contribution in [-0.2, 0) is 4.74 Å². The van der Waals surface area contributed by atoms with Crippen molar-refractivity contribution in [2.45, 2.75) is 6.92 Å². The van der Waals surface area contributed by atoms with E-state index in [1.54, 1.807) is 12.1 Å². The summed E-state index contributed by atoms with van der Waals surface area (Å²) in [5, 5.41) is 0. The van der Waals surface area contributed by atoms with Crippen molar-refractivity contribution in [3.8, 4) is 5.75 Å². The van der Waals surface area contributed by atoms with E-state index in [1.807, 2.05) is 0 Å². The Morgan fingerprint density at radius 2 is 2.14 bits per heavy atom. The van der Waals surface area contributed by atoms with Crippen LogP contribution in [0.4, 0.5) is 0 Å². The van der Waals surface area contributed by atoms with Gasteiger partial charge in [0.2, 0.25) is 0 Å². The van der Waals surface area contributed by atoms with Gasteiger partial charge in [0.1, 0.15) is 12.4 Å². The van der Waals surface area contributed by atoms with Gasteiger partial charge in [-0.05, 0) is 19.1 Å². The molecule has 7 heteroatoms. The number of ether oxygens (including phenoxy) is 2. The Balaban J connectivity index is 1.76. The summed E-state index contributed by atoms with van der Waals surface area (Å²) in [5.41, 5.74) is 0.857. The monoisotopic (exact) mass is 323 g/mol. The van der Waals surface area contributed by atoms with Crippen molar-refractivity contribution in [2.24, 2.45) is 0 Å². The molecule has 1 aromatic heterocycles. The SMILES string of the molecule is CC(=O)c1c(OCCN2CCOCC2)ccc2oc(=O)sc12. The lowest BCUT2D eigenvalue weighted by Crippen LogP contribution is -2.38. The van der Waals surface area contributed by atoms with Crippen molar-refractivity contribution in [2.75, 3.05) is 39.5 Å². The number of ketones is 1. The Hall–Kier alpha value is -1.70. The van der Waals surface area contributed by atoms with Crippen LogP contribution in [0.5, 0.6) is 5.75 Å². The van der Waals surface area contributed by atoms with Gasteiger partial charge in [-0.15, -0.1) is 0 Å². The zero-order valence-electron chi connectivity index (χ0n) is 12.3. The number of rotatable bonds is 5. The van der Waals surface area contributed by atoms with Gasteiger partial charge in [-0.1, -0.05) is 11.3 Å². The first-order valence-corrected chi connectivity index (χ1v) is 7.97. The van der Waals surface area contributed by atoms with Crippen LogP contribution < -0.4 is 9.68 Å². The minimum atomic E-state index is -0.414. The first-order valence-electron chi connectivity index (χ1n) is 7.15. The molecule has 0 aliphatic carbocycles. The maximum Gasteiger partial charge on any atom is 0.396 e. The van der Waals surface area contributed by atoms with E-state index in [1.165, 1.54) is 6.92 Å². The predicted molar refractivity (Wildman–Crippen MR) is 83.1 cm³/mol. The molecule has 0 spiro atoms. The fraction of sp³-hybridized carbons (Fsp3) is 0.467. The van der Waals surface area contributed by atoms with Gasteiger partial charge in [-0.2, -0.15) is 0 Å². The maximum absolute atomic E-state index is 11.9. The summed E-state index contributed by atoms with van der Waals surface area (Å²) in [4.78, 5) is 25.1. The number of hydrogen-bond acceptors (Lipinski definition) is 7. The summed E-state index contributed by atoms with van der Waals surface area (Å²) >= 11 is 0.933. The van der Waals surface area contributed by atoms with E-state index in [0.29, 0.717) is 28.2 Å². The highest BCUT2D eigenvalue weighted by Gasteiger charge is 2.18. The molecular formula is C15H17NO5S. The van der Waals surface area contributed by atoms with Crippen molar-refractivity contribution in [3.63, 3.8) is 0 Å². The smallest absolute Gasteiger partial charge is 0.396 e. The zero-order valence-corrected chi connectivity index (χ0v) is 13.1. The molecule has 0 amide bonds. The van der Waals surface area contributed by atoms with Crippen LogP contribution in [-0.4, -0.2) is 50.1 Å². The summed E-state index contributed by atoms with van der Waals surface area (Å²) in [6.07, 6.45) is 0. The lowest BCUT2D eigenvalue weighted by Gasteiger charge is -2.26. The highest BCUT2D eigenvalue weighted by atomic mass is 32.1. The molecular weight excluding hydrogens is 306 g/mol. The summed E-state index contributed by atoms with van der Waals surface area (Å²) in [6.45, 7) is 6.00. The molecule has 0 N–H and O–H groups in total. The Bertz CT molecular complexity index is 729. The van der Waals surface area contributed by atoms with E-state index in [0.717, 1.165) is 44.2 Å². The molecule has 1 aliphatic heterocycles. The molecule has 1 aromatic carbocycles. The second-order valence-corrected chi connectivity index (χ2v) is 6.02. The minimum absolute atomic E-state index is 0.135. The Morgan fingerprint density at radius 3 is 2.86 bits per heavy atom. The zero-order chi connectivity index (χ0) is 15.5. The Morgan fingerprint density at radius 1 is 1.36 bits per heavy atom. The fourth-order valence-electron chi connectivity index (χ4n) is 2.48. The molecule has 0 atom stereocenters. The van der Waals surface area contributed by atoms with Crippen LogP contribution in [0.3, 0.4) is 0 Å². The first-order chi connectivity index (χ1) is 10.6. The van der Waals surface area contributed by atoms with Crippen LogP contribution in [0.1, 0.15) is 17.3 Å². The fourth-order valence-corrected chi connectivity index (χ4v) is 3.34. The highest BCUT2D eigenvalue weighted by Crippen LogP contribution is 2.30. The Labute approximate surface area is 131 Å². The lowest BCUT2D eigenvalue weighted by molar-refractivity contribution is 0.0322. The van der Waals surface area contributed by atoms with Gasteiger partial charge in [0.15, 0.2) is 11.4 Å². The van der Waals surface area contributed by atoms with Gasteiger partial charge in [0.25, 0.3) is 0 Å². The number of morpholine rings is 1. The second-order valence-electron chi connectivity index (χ2n) is 5.08. The Kier molecular flexibility index (Phi) is 4.56. The molecule has 1 fully saturated rings.